The van der Waals surface area contributed by atoms with Gasteiger partial charge in [0, 0.05) is 28.9 Å². The van der Waals surface area contributed by atoms with Crippen LogP contribution in [0.5, 0.6) is 0 Å². The number of fused-ring (bicyclic) bond motifs is 6. The van der Waals surface area contributed by atoms with Crippen molar-refractivity contribution in [2.24, 2.45) is 0 Å². The van der Waals surface area contributed by atoms with Crippen LogP contribution in [0.1, 0.15) is 5.56 Å². The molecule has 0 aliphatic carbocycles. The number of hydrogen-bond acceptors (Lipinski definition) is 3. The number of nitrogens with zero attached hydrogens (tertiary/aromatic N) is 1. The van der Waals surface area contributed by atoms with Gasteiger partial charge in [-0.2, -0.15) is 0 Å². The lowest BCUT2D eigenvalue weighted by Gasteiger charge is -2.26. The lowest BCUT2D eigenvalue weighted by atomic mass is 9.93. The van der Waals surface area contributed by atoms with E-state index in [9.17, 15) is 0 Å². The van der Waals surface area contributed by atoms with Crippen molar-refractivity contribution in [1.82, 2.24) is 0 Å². The molecule has 0 radical (unpaired) electrons. The van der Waals surface area contributed by atoms with E-state index in [0.29, 0.717) is 0 Å². The van der Waals surface area contributed by atoms with Gasteiger partial charge in [0.15, 0.2) is 5.58 Å². The summed E-state index contributed by atoms with van der Waals surface area (Å²) >= 11 is 0. The van der Waals surface area contributed by atoms with Gasteiger partial charge < -0.3 is 14.6 Å². The van der Waals surface area contributed by atoms with Crippen LogP contribution < -0.4 is 10.2 Å². The molecule has 218 valence electrons. The second kappa shape index (κ2) is 10.8. The molecule has 0 bridgehead atoms. The number of para-hydroxylation sites is 1. The van der Waals surface area contributed by atoms with Crippen LogP contribution in [0, 0.1) is 0 Å². The Kier molecular flexibility index (Phi) is 6.20. The third-order valence-corrected chi connectivity index (χ3v) is 9.08. The maximum absolute atomic E-state index is 6.52. The summed E-state index contributed by atoms with van der Waals surface area (Å²) < 4.78 is 6.52. The van der Waals surface area contributed by atoms with Crippen molar-refractivity contribution >= 4 is 61.5 Å². The lowest BCUT2D eigenvalue weighted by molar-refractivity contribution is 0.628. The number of furan rings is 1. The molecule has 1 aromatic heterocycles. The molecule has 0 spiro atoms. The number of rotatable bonds is 5. The highest BCUT2D eigenvalue weighted by Crippen LogP contribution is 2.44. The summed E-state index contributed by atoms with van der Waals surface area (Å²) in [6.07, 6.45) is 4.29. The van der Waals surface area contributed by atoms with Crippen molar-refractivity contribution in [3.63, 3.8) is 0 Å². The fourth-order valence-corrected chi connectivity index (χ4v) is 6.87. The van der Waals surface area contributed by atoms with E-state index < -0.39 is 0 Å². The van der Waals surface area contributed by atoms with Crippen molar-refractivity contribution < 1.29 is 4.42 Å². The molecule has 0 unspecified atom stereocenters. The van der Waals surface area contributed by atoms with E-state index in [1.165, 1.54) is 43.8 Å². The summed E-state index contributed by atoms with van der Waals surface area (Å²) in [5.41, 5.74) is 9.89. The molecule has 1 aliphatic heterocycles. The first-order valence-corrected chi connectivity index (χ1v) is 15.7. The van der Waals surface area contributed by atoms with Crippen molar-refractivity contribution in [2.75, 3.05) is 16.8 Å². The van der Waals surface area contributed by atoms with Gasteiger partial charge in [0.2, 0.25) is 5.88 Å². The Morgan fingerprint density at radius 1 is 0.522 bits per heavy atom. The highest BCUT2D eigenvalue weighted by Gasteiger charge is 2.22. The van der Waals surface area contributed by atoms with E-state index >= 15 is 0 Å². The van der Waals surface area contributed by atoms with Gasteiger partial charge in [-0.25, -0.2) is 0 Å². The molecule has 2 heterocycles. The molecule has 0 amide bonds. The molecular weight excluding hydrogens is 560 g/mol. The average Bonchev–Trinajstić information content (AvgIpc) is 3.52. The van der Waals surface area contributed by atoms with E-state index in [1.54, 1.807) is 0 Å². The third kappa shape index (κ3) is 4.36. The SMILES string of the molecule is C1=Cc2c(oc3c(N(c4ccc(-c5ccccc5)cc4)c4ccc(-c5cc6ccccc6c6ccccc56)cc4)cccc23)NC1. The highest BCUT2D eigenvalue weighted by atomic mass is 16.4. The maximum Gasteiger partial charge on any atom is 0.201 e. The van der Waals surface area contributed by atoms with Crippen LogP contribution in [0.2, 0.25) is 0 Å². The molecule has 46 heavy (non-hydrogen) atoms. The van der Waals surface area contributed by atoms with Crippen molar-refractivity contribution in [1.29, 1.82) is 0 Å². The summed E-state index contributed by atoms with van der Waals surface area (Å²) in [7, 11) is 0. The van der Waals surface area contributed by atoms with E-state index in [0.717, 1.165) is 46.0 Å². The van der Waals surface area contributed by atoms with Gasteiger partial charge in [0.05, 0.1) is 5.69 Å². The highest BCUT2D eigenvalue weighted by molar-refractivity contribution is 6.13. The second-order valence-corrected chi connectivity index (χ2v) is 11.8. The monoisotopic (exact) mass is 590 g/mol. The van der Waals surface area contributed by atoms with Gasteiger partial charge in [0.25, 0.3) is 0 Å². The Hall–Kier alpha value is -6.06. The Balaban J connectivity index is 1.20. The standard InChI is InChI=1S/C43H30N2O/c1-2-10-29(11-3-1)30-19-23-33(24-20-30)45(41-18-8-16-38-39-17-9-27-44-43(39)46-42(38)41)34-25-21-31(22-26-34)40-28-32-12-4-5-13-35(32)36-14-6-7-15-37(36)40/h1-26,28,44H,27H2. The quantitative estimate of drug-likeness (QED) is 0.202. The molecule has 0 fully saturated rings. The summed E-state index contributed by atoms with van der Waals surface area (Å²) in [5.74, 6) is 0.822. The topological polar surface area (TPSA) is 28.4 Å². The van der Waals surface area contributed by atoms with Gasteiger partial charge >= 0.3 is 0 Å². The van der Waals surface area contributed by atoms with E-state index in [4.69, 9.17) is 4.42 Å². The smallest absolute Gasteiger partial charge is 0.201 e. The number of nitrogens with one attached hydrogen (secondary N) is 1. The molecule has 9 rings (SSSR count). The third-order valence-electron chi connectivity index (χ3n) is 9.08. The molecule has 0 saturated carbocycles. The van der Waals surface area contributed by atoms with Crippen LogP contribution in [0.15, 0.2) is 162 Å². The van der Waals surface area contributed by atoms with Crippen LogP contribution in [-0.4, -0.2) is 6.54 Å². The average molecular weight is 591 g/mol. The first kappa shape index (κ1) is 26.4. The van der Waals surface area contributed by atoms with Gasteiger partial charge in [0.1, 0.15) is 0 Å². The second-order valence-electron chi connectivity index (χ2n) is 11.8. The predicted octanol–water partition coefficient (Wildman–Crippen LogP) is 12.0. The minimum Gasteiger partial charge on any atom is -0.438 e. The Bertz CT molecular complexity index is 2400. The van der Waals surface area contributed by atoms with E-state index in [-0.39, 0.29) is 0 Å². The summed E-state index contributed by atoms with van der Waals surface area (Å²) in [5, 5.41) is 9.56. The Morgan fingerprint density at radius 2 is 1.15 bits per heavy atom. The van der Waals surface area contributed by atoms with Gasteiger partial charge in [-0.15, -0.1) is 0 Å². The Labute approximate surface area is 267 Å². The predicted molar refractivity (Wildman–Crippen MR) is 194 cm³/mol. The van der Waals surface area contributed by atoms with Gasteiger partial charge in [-0.05, 0) is 80.2 Å². The fraction of sp³-hybridized carbons (Fsp3) is 0.0233. The van der Waals surface area contributed by atoms with Crippen LogP contribution >= 0.6 is 0 Å². The summed E-state index contributed by atoms with van der Waals surface area (Å²) in [6, 6.07) is 54.3. The zero-order chi connectivity index (χ0) is 30.5. The molecular formula is C43H30N2O. The summed E-state index contributed by atoms with van der Waals surface area (Å²) in [4.78, 5) is 2.30. The molecule has 3 heteroatoms. The van der Waals surface area contributed by atoms with E-state index in [2.05, 4.69) is 174 Å². The van der Waals surface area contributed by atoms with Crippen LogP contribution in [0.3, 0.4) is 0 Å². The van der Waals surface area contributed by atoms with Crippen LogP contribution in [-0.2, 0) is 0 Å². The summed E-state index contributed by atoms with van der Waals surface area (Å²) in [6.45, 7) is 0.762. The Morgan fingerprint density at radius 3 is 1.93 bits per heavy atom. The number of anilines is 4. The van der Waals surface area contributed by atoms with Gasteiger partial charge in [-0.1, -0.05) is 127 Å². The first-order valence-electron chi connectivity index (χ1n) is 15.7. The minimum atomic E-state index is 0.762. The minimum absolute atomic E-state index is 0.762. The van der Waals surface area contributed by atoms with Crippen LogP contribution in [0.4, 0.5) is 22.9 Å². The van der Waals surface area contributed by atoms with Crippen molar-refractivity contribution in [3.05, 3.63) is 163 Å². The molecule has 3 nitrogen and oxygen atoms in total. The lowest BCUT2D eigenvalue weighted by Crippen LogP contribution is -2.10. The van der Waals surface area contributed by atoms with E-state index in [1.807, 2.05) is 0 Å². The van der Waals surface area contributed by atoms with Gasteiger partial charge in [-0.3, -0.25) is 0 Å². The number of hydrogen-bond donors (Lipinski definition) is 1. The molecule has 0 atom stereocenters. The zero-order valence-corrected chi connectivity index (χ0v) is 25.2. The molecule has 1 aliphatic rings. The molecule has 8 aromatic rings. The first-order chi connectivity index (χ1) is 22.8. The normalized spacial score (nSPS) is 12.3. The molecule has 1 N–H and O–H groups in total. The maximum atomic E-state index is 6.52. The molecule has 0 saturated heterocycles. The van der Waals surface area contributed by atoms with Crippen molar-refractivity contribution in [2.45, 2.75) is 0 Å². The zero-order valence-electron chi connectivity index (χ0n) is 25.2. The van der Waals surface area contributed by atoms with Crippen molar-refractivity contribution in [3.8, 4) is 22.3 Å². The fourth-order valence-electron chi connectivity index (χ4n) is 6.87. The molecule has 7 aromatic carbocycles. The number of benzene rings is 7. The largest absolute Gasteiger partial charge is 0.438 e. The van der Waals surface area contributed by atoms with Crippen LogP contribution in [0.25, 0.3) is 60.8 Å².